The van der Waals surface area contributed by atoms with E-state index in [-0.39, 0.29) is 11.7 Å². The molecule has 3 heterocycles. The highest BCUT2D eigenvalue weighted by Crippen LogP contribution is 2.55. The molecule has 0 spiro atoms. The maximum Gasteiger partial charge on any atom is 0.435 e. The van der Waals surface area contributed by atoms with E-state index in [4.69, 9.17) is 10.5 Å². The predicted molar refractivity (Wildman–Crippen MR) is 61.3 cm³/mol. The van der Waals surface area contributed by atoms with Gasteiger partial charge in [0.05, 0.1) is 12.0 Å². The molecular weight excluding hydrogens is 275 g/mol. The summed E-state index contributed by atoms with van der Waals surface area (Å²) in [5.41, 5.74) is 3.01. The zero-order chi connectivity index (χ0) is 14.7. The Bertz CT molecular complexity index is 569. The van der Waals surface area contributed by atoms with Gasteiger partial charge < -0.3 is 10.5 Å². The van der Waals surface area contributed by atoms with Crippen LogP contribution in [-0.4, -0.2) is 21.8 Å². The number of hydrogen-bond acceptors (Lipinski definition) is 3. The molecule has 0 aromatic carbocycles. The van der Waals surface area contributed by atoms with Crippen LogP contribution in [-0.2, 0) is 28.4 Å². The fourth-order valence-electron chi connectivity index (χ4n) is 3.41. The molecule has 2 aliphatic heterocycles. The van der Waals surface area contributed by atoms with Crippen molar-refractivity contribution in [1.82, 2.24) is 9.78 Å². The van der Waals surface area contributed by atoms with Crippen LogP contribution in [0.4, 0.5) is 13.2 Å². The Labute approximate surface area is 112 Å². The van der Waals surface area contributed by atoms with E-state index in [1.54, 1.807) is 0 Å². The third-order valence-electron chi connectivity index (χ3n) is 4.17. The largest absolute Gasteiger partial charge is 0.435 e. The molecule has 0 aliphatic carbocycles. The standard InChI is InChI=1S/C12H14F3N3O2/c1-18-5-8(9(17-18)12(13,14)15)11-3-2-6(20-11)4-7(11)10(16)19/h5-7H,2-4H2,1H3,(H2,16,19). The first-order valence-electron chi connectivity index (χ1n) is 6.32. The predicted octanol–water partition coefficient (Wildman–Crippen LogP) is 1.32. The summed E-state index contributed by atoms with van der Waals surface area (Å²) >= 11 is 0. The monoisotopic (exact) mass is 289 g/mol. The van der Waals surface area contributed by atoms with Crippen molar-refractivity contribution in [1.29, 1.82) is 0 Å². The molecule has 8 heteroatoms. The van der Waals surface area contributed by atoms with E-state index in [1.807, 2.05) is 0 Å². The van der Waals surface area contributed by atoms with Crippen LogP contribution in [0.15, 0.2) is 6.20 Å². The Morgan fingerprint density at radius 2 is 2.30 bits per heavy atom. The van der Waals surface area contributed by atoms with E-state index in [9.17, 15) is 18.0 Å². The second-order valence-electron chi connectivity index (χ2n) is 5.42. The van der Waals surface area contributed by atoms with Crippen LogP contribution in [0.25, 0.3) is 0 Å². The van der Waals surface area contributed by atoms with Gasteiger partial charge in [0.2, 0.25) is 5.91 Å². The summed E-state index contributed by atoms with van der Waals surface area (Å²) in [6.45, 7) is 0. The number of nitrogens with zero attached hydrogens (tertiary/aromatic N) is 2. The molecule has 5 nitrogen and oxygen atoms in total. The molecular formula is C12H14F3N3O2. The molecule has 2 fully saturated rings. The number of ether oxygens (including phenoxy) is 1. The molecule has 2 saturated heterocycles. The van der Waals surface area contributed by atoms with E-state index in [1.165, 1.54) is 13.2 Å². The summed E-state index contributed by atoms with van der Waals surface area (Å²) < 4.78 is 46.2. The van der Waals surface area contributed by atoms with E-state index in [2.05, 4.69) is 5.10 Å². The quantitative estimate of drug-likeness (QED) is 0.892. The Balaban J connectivity index is 2.14. The number of amides is 1. The molecule has 0 saturated carbocycles. The van der Waals surface area contributed by atoms with Crippen LogP contribution in [0.5, 0.6) is 0 Å². The molecule has 110 valence electrons. The average Bonchev–Trinajstić information content (AvgIpc) is 2.98. The van der Waals surface area contributed by atoms with Crippen molar-refractivity contribution in [3.63, 3.8) is 0 Å². The van der Waals surface area contributed by atoms with E-state index in [0.29, 0.717) is 19.3 Å². The Morgan fingerprint density at radius 1 is 1.60 bits per heavy atom. The van der Waals surface area contributed by atoms with Crippen molar-refractivity contribution in [2.45, 2.75) is 37.1 Å². The molecule has 2 bridgehead atoms. The van der Waals surface area contributed by atoms with Gasteiger partial charge in [0.15, 0.2) is 5.69 Å². The number of rotatable bonds is 2. The van der Waals surface area contributed by atoms with Crippen LogP contribution in [0, 0.1) is 5.92 Å². The number of alkyl halides is 3. The number of primary amides is 1. The second kappa shape index (κ2) is 3.97. The lowest BCUT2D eigenvalue weighted by atomic mass is 9.74. The first-order valence-corrected chi connectivity index (χ1v) is 6.32. The highest BCUT2D eigenvalue weighted by molar-refractivity contribution is 5.79. The van der Waals surface area contributed by atoms with Gasteiger partial charge in [-0.05, 0) is 19.3 Å². The number of aromatic nitrogens is 2. The molecule has 20 heavy (non-hydrogen) atoms. The minimum absolute atomic E-state index is 0.0729. The summed E-state index contributed by atoms with van der Waals surface area (Å²) in [5.74, 6) is -1.35. The van der Waals surface area contributed by atoms with Gasteiger partial charge in [-0.15, -0.1) is 0 Å². The maximum atomic E-state index is 13.1. The molecule has 1 aromatic rings. The normalized spacial score (nSPS) is 32.8. The van der Waals surface area contributed by atoms with Crippen LogP contribution in [0.3, 0.4) is 0 Å². The summed E-state index contributed by atoms with van der Waals surface area (Å²) in [4.78, 5) is 11.6. The van der Waals surface area contributed by atoms with Gasteiger partial charge in [0, 0.05) is 18.8 Å². The second-order valence-corrected chi connectivity index (χ2v) is 5.42. The van der Waals surface area contributed by atoms with Crippen LogP contribution in [0.1, 0.15) is 30.5 Å². The van der Waals surface area contributed by atoms with E-state index < -0.39 is 29.3 Å². The number of aryl methyl sites for hydroxylation is 1. The molecule has 2 aliphatic rings. The number of carbonyl (C=O) groups is 1. The van der Waals surface area contributed by atoms with Crippen molar-refractivity contribution in [2.24, 2.45) is 18.7 Å². The highest BCUT2D eigenvalue weighted by Gasteiger charge is 2.60. The summed E-state index contributed by atoms with van der Waals surface area (Å²) in [6, 6.07) is 0. The lowest BCUT2D eigenvalue weighted by Gasteiger charge is -2.31. The van der Waals surface area contributed by atoms with Crippen molar-refractivity contribution in [3.8, 4) is 0 Å². The summed E-state index contributed by atoms with van der Waals surface area (Å²) in [5, 5.41) is 3.49. The lowest BCUT2D eigenvalue weighted by Crippen LogP contribution is -2.40. The number of carbonyl (C=O) groups excluding carboxylic acids is 1. The van der Waals surface area contributed by atoms with Crippen molar-refractivity contribution >= 4 is 5.91 Å². The van der Waals surface area contributed by atoms with Crippen molar-refractivity contribution in [2.75, 3.05) is 0 Å². The Hall–Kier alpha value is -1.57. The topological polar surface area (TPSA) is 70.1 Å². The maximum absolute atomic E-state index is 13.1. The van der Waals surface area contributed by atoms with Gasteiger partial charge in [-0.3, -0.25) is 9.48 Å². The first kappa shape index (κ1) is 13.4. The van der Waals surface area contributed by atoms with Gasteiger partial charge in [0.25, 0.3) is 0 Å². The molecule has 3 rings (SSSR count). The van der Waals surface area contributed by atoms with Crippen LogP contribution in [0.2, 0.25) is 0 Å². The molecule has 1 aromatic heterocycles. The zero-order valence-corrected chi connectivity index (χ0v) is 10.8. The van der Waals surface area contributed by atoms with Gasteiger partial charge in [0.1, 0.15) is 5.60 Å². The number of fused-ring (bicyclic) bond motifs is 2. The van der Waals surface area contributed by atoms with E-state index >= 15 is 0 Å². The summed E-state index contributed by atoms with van der Waals surface area (Å²) in [6.07, 6.45) is -2.13. The summed E-state index contributed by atoms with van der Waals surface area (Å²) in [7, 11) is 1.41. The third-order valence-corrected chi connectivity index (χ3v) is 4.17. The zero-order valence-electron chi connectivity index (χ0n) is 10.8. The lowest BCUT2D eigenvalue weighted by molar-refractivity contribution is -0.146. The molecule has 1 amide bonds. The Morgan fingerprint density at radius 3 is 2.85 bits per heavy atom. The minimum Gasteiger partial charge on any atom is -0.369 e. The third kappa shape index (κ3) is 1.74. The SMILES string of the molecule is Cn1cc(C23CCC(CC2C(N)=O)O3)c(C(F)(F)F)n1. The van der Waals surface area contributed by atoms with Crippen LogP contribution >= 0.6 is 0 Å². The van der Waals surface area contributed by atoms with Crippen LogP contribution < -0.4 is 5.73 Å². The minimum atomic E-state index is -4.59. The van der Waals surface area contributed by atoms with E-state index in [0.717, 1.165) is 4.68 Å². The molecule has 0 radical (unpaired) electrons. The van der Waals surface area contributed by atoms with Gasteiger partial charge in [-0.2, -0.15) is 18.3 Å². The molecule has 3 unspecified atom stereocenters. The van der Waals surface area contributed by atoms with Gasteiger partial charge in [-0.1, -0.05) is 0 Å². The van der Waals surface area contributed by atoms with Crippen molar-refractivity contribution < 1.29 is 22.7 Å². The number of nitrogens with two attached hydrogens (primary N) is 1. The number of halogens is 3. The van der Waals surface area contributed by atoms with Crippen molar-refractivity contribution in [3.05, 3.63) is 17.5 Å². The molecule has 3 atom stereocenters. The fourth-order valence-corrected chi connectivity index (χ4v) is 3.41. The average molecular weight is 289 g/mol. The Kier molecular flexibility index (Phi) is 2.66. The van der Waals surface area contributed by atoms with Gasteiger partial charge >= 0.3 is 6.18 Å². The number of hydrogen-bond donors (Lipinski definition) is 1. The first-order chi connectivity index (χ1) is 9.24. The smallest absolute Gasteiger partial charge is 0.369 e. The molecule has 2 N–H and O–H groups in total. The van der Waals surface area contributed by atoms with Gasteiger partial charge in [-0.25, -0.2) is 0 Å². The fraction of sp³-hybridized carbons (Fsp3) is 0.667. The highest BCUT2D eigenvalue weighted by atomic mass is 19.4.